The molecule has 1 saturated carbocycles. The molecule has 2 saturated heterocycles. The smallest absolute Gasteiger partial charge is 0.167 e. The summed E-state index contributed by atoms with van der Waals surface area (Å²) in [7, 11) is 0. The van der Waals surface area contributed by atoms with Crippen LogP contribution in [0.3, 0.4) is 0 Å². The summed E-state index contributed by atoms with van der Waals surface area (Å²) in [6.07, 6.45) is 3.39. The fraction of sp³-hybridized carbons (Fsp3) is 0.556. The molecule has 5 heterocycles. The van der Waals surface area contributed by atoms with Crippen LogP contribution in [-0.2, 0) is 15.9 Å². The molecule has 3 aromatic heterocycles. The van der Waals surface area contributed by atoms with Crippen LogP contribution in [0.15, 0.2) is 30.9 Å². The highest BCUT2D eigenvalue weighted by Crippen LogP contribution is 2.41. The van der Waals surface area contributed by atoms with Crippen molar-refractivity contribution in [3.05, 3.63) is 42.2 Å². The van der Waals surface area contributed by atoms with Crippen LogP contribution in [0.4, 0.5) is 5.82 Å². The van der Waals surface area contributed by atoms with Gasteiger partial charge in [-0.1, -0.05) is 6.07 Å². The molecule has 3 fully saturated rings. The van der Waals surface area contributed by atoms with Gasteiger partial charge in [0.1, 0.15) is 36.0 Å². The molecule has 39 heavy (non-hydrogen) atoms. The Morgan fingerprint density at radius 3 is 2.82 bits per heavy atom. The number of nitrogens with one attached hydrogen (secondary N) is 2. The molecule has 1 aliphatic carbocycles. The van der Waals surface area contributed by atoms with Crippen LogP contribution in [0.25, 0.3) is 22.2 Å². The molecule has 0 radical (unpaired) electrons. The second-order valence-electron chi connectivity index (χ2n) is 11.6. The number of fused-ring (bicyclic) bond motifs is 2. The van der Waals surface area contributed by atoms with E-state index in [9.17, 15) is 10.2 Å². The van der Waals surface area contributed by atoms with Crippen molar-refractivity contribution in [3.8, 4) is 0 Å². The normalized spacial score (nSPS) is 31.1. The summed E-state index contributed by atoms with van der Waals surface area (Å²) in [5, 5.41) is 25.0. The van der Waals surface area contributed by atoms with E-state index in [2.05, 4.69) is 50.4 Å². The Morgan fingerprint density at radius 2 is 2.03 bits per heavy atom. The summed E-state index contributed by atoms with van der Waals surface area (Å²) in [6.45, 7) is 4.24. The second-order valence-corrected chi connectivity index (χ2v) is 11.6. The number of hydrogen-bond donors (Lipinski definition) is 5. The standard InChI is InChI=1S/C27H34N8O4/c1-27(7-14(8-27)2-5-20-33-17-4-3-15(6-18(17)34-20)16-10-38-11-16)32-9-19-22(36)23(37)26(39-19)35-13-31-21-24(28)29-12-30-25(21)35/h3-4,6,12-14,16,19,22-23,26,32,36-37H,2,5,7-11H2,1H3,(H,33,34)(H2,28,29,30)/t14-,19-,22+,23+,26-,27-/m1/s1. The Hall–Kier alpha value is -3.16. The number of imidazole rings is 2. The van der Waals surface area contributed by atoms with Crippen molar-refractivity contribution in [3.63, 3.8) is 0 Å². The van der Waals surface area contributed by atoms with E-state index in [0.717, 1.165) is 55.8 Å². The van der Waals surface area contributed by atoms with Crippen LogP contribution in [-0.4, -0.2) is 83.3 Å². The van der Waals surface area contributed by atoms with Gasteiger partial charge in [-0.25, -0.2) is 19.9 Å². The van der Waals surface area contributed by atoms with Crippen LogP contribution in [0.5, 0.6) is 0 Å². The molecule has 0 amide bonds. The Bertz CT molecular complexity index is 1490. The predicted molar refractivity (Wildman–Crippen MR) is 143 cm³/mol. The quantitative estimate of drug-likeness (QED) is 0.223. The maximum Gasteiger partial charge on any atom is 0.167 e. The maximum atomic E-state index is 10.7. The molecule has 2 aliphatic heterocycles. The molecule has 1 aromatic carbocycles. The monoisotopic (exact) mass is 534 g/mol. The first kappa shape index (κ1) is 24.9. The molecule has 12 heteroatoms. The number of benzene rings is 1. The third kappa shape index (κ3) is 4.45. The van der Waals surface area contributed by atoms with E-state index in [1.54, 1.807) is 4.57 Å². The highest BCUT2D eigenvalue weighted by molar-refractivity contribution is 5.81. The molecule has 0 spiro atoms. The van der Waals surface area contributed by atoms with Gasteiger partial charge in [0.05, 0.1) is 30.6 Å². The van der Waals surface area contributed by atoms with Crippen molar-refractivity contribution >= 4 is 28.0 Å². The van der Waals surface area contributed by atoms with Gasteiger partial charge in [-0.3, -0.25) is 4.57 Å². The van der Waals surface area contributed by atoms with Gasteiger partial charge in [-0.15, -0.1) is 0 Å². The number of aliphatic hydroxyl groups is 2. The summed E-state index contributed by atoms with van der Waals surface area (Å²) >= 11 is 0. The number of nitrogens with zero attached hydrogens (tertiary/aromatic N) is 5. The van der Waals surface area contributed by atoms with Gasteiger partial charge in [-0.2, -0.15) is 0 Å². The summed E-state index contributed by atoms with van der Waals surface area (Å²) in [5.41, 5.74) is 10.2. The first-order valence-electron chi connectivity index (χ1n) is 13.6. The maximum absolute atomic E-state index is 10.7. The van der Waals surface area contributed by atoms with Gasteiger partial charge in [0.15, 0.2) is 17.7 Å². The fourth-order valence-corrected chi connectivity index (χ4v) is 6.31. The van der Waals surface area contributed by atoms with Gasteiger partial charge in [0.2, 0.25) is 0 Å². The minimum atomic E-state index is -1.12. The zero-order valence-electron chi connectivity index (χ0n) is 21.8. The van der Waals surface area contributed by atoms with E-state index < -0.39 is 24.5 Å². The van der Waals surface area contributed by atoms with Gasteiger partial charge in [-0.05, 0) is 49.8 Å². The van der Waals surface area contributed by atoms with Crippen molar-refractivity contribution in [2.45, 2.75) is 68.6 Å². The van der Waals surface area contributed by atoms with Gasteiger partial charge >= 0.3 is 0 Å². The Balaban J connectivity index is 0.915. The first-order valence-corrected chi connectivity index (χ1v) is 13.6. The lowest BCUT2D eigenvalue weighted by Crippen LogP contribution is -2.55. The molecule has 206 valence electrons. The molecular formula is C27H34N8O4. The molecule has 12 nitrogen and oxygen atoms in total. The molecule has 4 atom stereocenters. The molecule has 0 unspecified atom stereocenters. The zero-order valence-corrected chi connectivity index (χ0v) is 21.8. The third-order valence-corrected chi connectivity index (χ3v) is 8.66. The van der Waals surface area contributed by atoms with Crippen molar-refractivity contribution in [2.24, 2.45) is 5.92 Å². The molecule has 0 bridgehead atoms. The number of rotatable bonds is 8. The highest BCUT2D eigenvalue weighted by atomic mass is 16.6. The van der Waals surface area contributed by atoms with Crippen LogP contribution in [0.1, 0.15) is 49.7 Å². The van der Waals surface area contributed by atoms with Crippen LogP contribution >= 0.6 is 0 Å². The third-order valence-electron chi connectivity index (χ3n) is 8.66. The summed E-state index contributed by atoms with van der Waals surface area (Å²) in [5.74, 6) is 2.40. The van der Waals surface area contributed by atoms with Crippen molar-refractivity contribution < 1.29 is 19.7 Å². The first-order chi connectivity index (χ1) is 18.9. The van der Waals surface area contributed by atoms with Crippen LogP contribution in [0, 0.1) is 5.92 Å². The van der Waals surface area contributed by atoms with E-state index in [1.807, 2.05) is 0 Å². The average Bonchev–Trinajstić information content (AvgIpc) is 3.55. The van der Waals surface area contributed by atoms with Crippen molar-refractivity contribution in [2.75, 3.05) is 25.5 Å². The van der Waals surface area contributed by atoms with Gasteiger partial charge in [0, 0.05) is 24.4 Å². The number of aromatic amines is 1. The number of ether oxygens (including phenoxy) is 2. The summed E-state index contributed by atoms with van der Waals surface area (Å²) in [4.78, 5) is 20.7. The average molecular weight is 535 g/mol. The van der Waals surface area contributed by atoms with Crippen LogP contribution in [0.2, 0.25) is 0 Å². The number of hydrogen-bond acceptors (Lipinski definition) is 10. The van der Waals surface area contributed by atoms with E-state index in [4.69, 9.17) is 20.2 Å². The number of H-pyrrole nitrogens is 1. The van der Waals surface area contributed by atoms with Crippen molar-refractivity contribution in [1.29, 1.82) is 0 Å². The van der Waals surface area contributed by atoms with Gasteiger partial charge < -0.3 is 35.7 Å². The highest BCUT2D eigenvalue weighted by Gasteiger charge is 2.46. The van der Waals surface area contributed by atoms with Crippen molar-refractivity contribution in [1.82, 2.24) is 34.8 Å². The largest absolute Gasteiger partial charge is 0.387 e. The van der Waals surface area contributed by atoms with E-state index in [0.29, 0.717) is 29.5 Å². The van der Waals surface area contributed by atoms with Gasteiger partial charge in [0.25, 0.3) is 0 Å². The lowest BCUT2D eigenvalue weighted by atomic mass is 9.67. The van der Waals surface area contributed by atoms with Crippen LogP contribution < -0.4 is 11.1 Å². The van der Waals surface area contributed by atoms with E-state index in [1.165, 1.54) is 18.2 Å². The molecular weight excluding hydrogens is 500 g/mol. The Morgan fingerprint density at radius 1 is 1.18 bits per heavy atom. The summed E-state index contributed by atoms with van der Waals surface area (Å²) < 4.78 is 13.0. The number of aryl methyl sites for hydroxylation is 1. The van der Waals surface area contributed by atoms with E-state index >= 15 is 0 Å². The number of anilines is 1. The minimum absolute atomic E-state index is 0.0339. The summed E-state index contributed by atoms with van der Waals surface area (Å²) in [6, 6.07) is 6.49. The number of nitrogen functional groups attached to an aromatic ring is 1. The predicted octanol–water partition coefficient (Wildman–Crippen LogP) is 1.41. The van der Waals surface area contributed by atoms with E-state index in [-0.39, 0.29) is 11.4 Å². The number of aliphatic hydroxyl groups excluding tert-OH is 2. The molecule has 6 N–H and O–H groups in total. The molecule has 3 aliphatic rings. The number of nitrogens with two attached hydrogens (primary N) is 1. The fourth-order valence-electron chi connectivity index (χ4n) is 6.31. The lowest BCUT2D eigenvalue weighted by Gasteiger charge is -2.46. The minimum Gasteiger partial charge on any atom is -0.387 e. The lowest BCUT2D eigenvalue weighted by molar-refractivity contribution is -0.0384. The Kier molecular flexibility index (Phi) is 6.05. The Labute approximate surface area is 225 Å². The SMILES string of the molecule is C[C@]1(NC[C@H]2O[C@@H](n3cnc4c(N)ncnc43)[C@@H](O)[C@H]2O)C[C@H](CCc2nc3cc(C4COC4)ccc3[nH]2)C1. The molecule has 4 aromatic rings. The topological polar surface area (TPSA) is 169 Å². The zero-order chi connectivity index (χ0) is 26.7. The molecule has 7 rings (SSSR count). The second kappa shape index (κ2) is 9.49. The number of aromatic nitrogens is 6.